The Morgan fingerprint density at radius 2 is 1.82 bits per heavy atom. The van der Waals surface area contributed by atoms with Crippen LogP contribution in [0.25, 0.3) is 33.3 Å². The molecular formula is C46H47ClN8O6S. The Morgan fingerprint density at radius 1 is 1.03 bits per heavy atom. The van der Waals surface area contributed by atoms with Crippen LogP contribution in [-0.4, -0.2) is 83.2 Å². The number of rotatable bonds is 10. The summed E-state index contributed by atoms with van der Waals surface area (Å²) in [6.07, 6.45) is 9.16. The lowest BCUT2D eigenvalue weighted by atomic mass is 9.72. The highest BCUT2D eigenvalue weighted by Crippen LogP contribution is 2.46. The Morgan fingerprint density at radius 3 is 2.58 bits per heavy atom. The van der Waals surface area contributed by atoms with Gasteiger partial charge in [0.1, 0.15) is 11.3 Å². The zero-order valence-electron chi connectivity index (χ0n) is 34.6. The number of pyridine rings is 1. The fourth-order valence-corrected chi connectivity index (χ4v) is 10.6. The van der Waals surface area contributed by atoms with Crippen molar-refractivity contribution in [2.24, 2.45) is 17.3 Å². The molecule has 14 nitrogen and oxygen atoms in total. The fourth-order valence-electron chi connectivity index (χ4n) is 9.49. The van der Waals surface area contributed by atoms with E-state index in [2.05, 4.69) is 55.6 Å². The molecule has 3 aromatic carbocycles. The predicted molar refractivity (Wildman–Crippen MR) is 239 cm³/mol. The third-order valence-corrected chi connectivity index (χ3v) is 14.7. The van der Waals surface area contributed by atoms with Crippen LogP contribution in [-0.2, 0) is 16.4 Å². The number of sulfonamides is 1. The molecule has 4 aliphatic rings. The molecule has 2 fully saturated rings. The van der Waals surface area contributed by atoms with Crippen molar-refractivity contribution in [3.05, 3.63) is 117 Å². The van der Waals surface area contributed by atoms with E-state index in [9.17, 15) is 23.3 Å². The first-order valence-electron chi connectivity index (χ1n) is 21.2. The summed E-state index contributed by atoms with van der Waals surface area (Å²) in [6.45, 7) is 9.08. The summed E-state index contributed by atoms with van der Waals surface area (Å²) in [4.78, 5) is 39.3. The number of benzene rings is 3. The standard InChI is InChI=1S/C46H47ClN8O6S/c1-46(2)13-11-31(38(24-46)29-5-7-33(47)8-6-29)26-52-15-17-53(18-16-52)34-9-10-36(40(21-34)54-42-20-30-12-14-48-44(30)50-39(42)25-49-54)45(56)51-62(59,60)35-22-41(55(57)58)37-19-32(28-3-4-28)27-61-43(37)23-35/h5-10,12,14,20-23,25,28,32,49H,3-4,11,13,15-19,24,26-27H2,1-2H3,(H,51,56)/t32-/m1/s1. The quantitative estimate of drug-likeness (QED) is 0.101. The molecule has 2 aliphatic carbocycles. The van der Waals surface area contributed by atoms with Crippen LogP contribution in [0.4, 0.5) is 11.4 Å². The molecule has 0 spiro atoms. The van der Waals surface area contributed by atoms with Crippen LogP contribution in [0.5, 0.6) is 5.75 Å². The number of fused-ring (bicyclic) bond motifs is 3. The summed E-state index contributed by atoms with van der Waals surface area (Å²) < 4.78 is 37.8. The lowest BCUT2D eigenvalue weighted by molar-refractivity contribution is -0.386. The topological polar surface area (TPSA) is 169 Å². The summed E-state index contributed by atoms with van der Waals surface area (Å²) >= 11 is 6.26. The second kappa shape index (κ2) is 15.5. The van der Waals surface area contributed by atoms with Crippen LogP contribution in [0.15, 0.2) is 89.6 Å². The number of allylic oxidation sites excluding steroid dienone is 1. The van der Waals surface area contributed by atoms with Gasteiger partial charge in [-0.1, -0.05) is 43.2 Å². The molecule has 2 N–H and O–H groups in total. The molecule has 0 radical (unpaired) electrons. The number of hydrogen-bond donors (Lipinski definition) is 2. The molecule has 320 valence electrons. The van der Waals surface area contributed by atoms with Crippen LogP contribution in [0.2, 0.25) is 5.02 Å². The summed E-state index contributed by atoms with van der Waals surface area (Å²) in [7, 11) is -4.59. The number of anilines is 1. The SMILES string of the molecule is CC1(C)CCC(CN2CCN(c3ccc(C(=O)NS(=O)(=O)c4cc5c(c([N+](=O)[O-])c4)C[C@@H](C4CC4)CO5)c(-n4[nH]cc5nc6nccc6cc54)c3)CC2)=C(c2ccc(Cl)cc2)C1. The molecule has 0 bridgehead atoms. The number of nitrogens with one attached hydrogen (secondary N) is 2. The summed E-state index contributed by atoms with van der Waals surface area (Å²) in [5.41, 5.74) is 7.61. The molecule has 1 amide bonds. The average Bonchev–Trinajstić information content (AvgIpc) is 3.88. The van der Waals surface area contributed by atoms with Crippen LogP contribution in [0, 0.1) is 27.4 Å². The Labute approximate surface area is 364 Å². The smallest absolute Gasteiger partial charge is 0.277 e. The predicted octanol–water partition coefficient (Wildman–Crippen LogP) is 8.33. The van der Waals surface area contributed by atoms with Gasteiger partial charge in [0.2, 0.25) is 0 Å². The Bertz CT molecular complexity index is 2910. The van der Waals surface area contributed by atoms with Crippen LogP contribution in [0.1, 0.15) is 67.4 Å². The average molecular weight is 875 g/mol. The summed E-state index contributed by atoms with van der Waals surface area (Å²) in [5, 5.41) is 17.0. The number of aromatic amines is 1. The number of ether oxygens (including phenoxy) is 1. The van der Waals surface area contributed by atoms with Gasteiger partial charge in [0.25, 0.3) is 21.6 Å². The van der Waals surface area contributed by atoms with Gasteiger partial charge in [-0.3, -0.25) is 29.6 Å². The lowest BCUT2D eigenvalue weighted by Gasteiger charge is -2.39. The second-order valence-corrected chi connectivity index (χ2v) is 20.1. The first-order chi connectivity index (χ1) is 29.8. The van der Waals surface area contributed by atoms with Crippen molar-refractivity contribution < 1.29 is 22.9 Å². The minimum absolute atomic E-state index is 0.0725. The summed E-state index contributed by atoms with van der Waals surface area (Å²) in [6, 6.07) is 19.6. The summed E-state index contributed by atoms with van der Waals surface area (Å²) in [5.74, 6) is -0.130. The molecule has 1 saturated heterocycles. The lowest BCUT2D eigenvalue weighted by Crippen LogP contribution is -2.47. The minimum atomic E-state index is -4.59. The van der Waals surface area contributed by atoms with Gasteiger partial charge in [-0.2, -0.15) is 0 Å². The van der Waals surface area contributed by atoms with E-state index in [0.717, 1.165) is 87.0 Å². The number of nitro benzene ring substituents is 1. The van der Waals surface area contributed by atoms with Crippen molar-refractivity contribution in [1.82, 2.24) is 29.4 Å². The van der Waals surface area contributed by atoms with Crippen LogP contribution >= 0.6 is 11.6 Å². The number of halogens is 1. The largest absolute Gasteiger partial charge is 0.493 e. The van der Waals surface area contributed by atoms with Crippen molar-refractivity contribution >= 4 is 66.5 Å². The van der Waals surface area contributed by atoms with Gasteiger partial charge in [-0.15, -0.1) is 0 Å². The molecule has 1 saturated carbocycles. The fraction of sp³-hybridized carbons (Fsp3) is 0.370. The van der Waals surface area contributed by atoms with Gasteiger partial charge < -0.3 is 9.64 Å². The normalized spacial score (nSPS) is 19.4. The molecule has 62 heavy (non-hydrogen) atoms. The first kappa shape index (κ1) is 40.3. The van der Waals surface area contributed by atoms with Crippen LogP contribution in [0.3, 0.4) is 0 Å². The van der Waals surface area contributed by atoms with E-state index in [1.54, 1.807) is 23.1 Å². The molecule has 16 heteroatoms. The maximum Gasteiger partial charge on any atom is 0.277 e. The number of carbonyl (C=O) groups is 1. The molecule has 3 aromatic heterocycles. The molecule has 2 aliphatic heterocycles. The second-order valence-electron chi connectivity index (χ2n) is 18.0. The van der Waals surface area contributed by atoms with E-state index in [0.29, 0.717) is 46.9 Å². The van der Waals surface area contributed by atoms with Gasteiger partial charge in [0, 0.05) is 79.3 Å². The zero-order valence-corrected chi connectivity index (χ0v) is 36.1. The van der Waals surface area contributed by atoms with E-state index >= 15 is 0 Å². The monoisotopic (exact) mass is 874 g/mol. The Balaban J connectivity index is 0.938. The highest BCUT2D eigenvalue weighted by molar-refractivity contribution is 7.90. The van der Waals surface area contributed by atoms with Gasteiger partial charge in [0.15, 0.2) is 5.65 Å². The van der Waals surface area contributed by atoms with Crippen molar-refractivity contribution in [2.45, 2.75) is 57.3 Å². The van der Waals surface area contributed by atoms with Crippen molar-refractivity contribution in [1.29, 1.82) is 0 Å². The molecule has 1 atom stereocenters. The van der Waals surface area contributed by atoms with Crippen molar-refractivity contribution in [3.63, 3.8) is 0 Å². The van der Waals surface area contributed by atoms with Crippen LogP contribution < -0.4 is 14.4 Å². The Hall–Kier alpha value is -5.77. The Kier molecular flexibility index (Phi) is 10.1. The maximum atomic E-state index is 14.3. The molecule has 6 aromatic rings. The molecule has 0 unspecified atom stereocenters. The minimum Gasteiger partial charge on any atom is -0.493 e. The van der Waals surface area contributed by atoms with Gasteiger partial charge in [0.05, 0.1) is 38.8 Å². The maximum absolute atomic E-state index is 14.3. The van der Waals surface area contributed by atoms with Gasteiger partial charge >= 0.3 is 0 Å². The number of aromatic nitrogens is 4. The molecular weight excluding hydrogens is 828 g/mol. The number of piperazine rings is 1. The first-order valence-corrected chi connectivity index (χ1v) is 23.1. The highest BCUT2D eigenvalue weighted by atomic mass is 35.5. The van der Waals surface area contributed by atoms with Crippen molar-refractivity contribution in [3.8, 4) is 11.4 Å². The van der Waals surface area contributed by atoms with Gasteiger partial charge in [-0.25, -0.2) is 23.1 Å². The number of hydrogen-bond acceptors (Lipinski definition) is 10. The number of H-pyrrole nitrogens is 1. The van der Waals surface area contributed by atoms with E-state index in [4.69, 9.17) is 16.3 Å². The third-order valence-electron chi connectivity index (χ3n) is 13.2. The number of nitro groups is 1. The highest BCUT2D eigenvalue weighted by Gasteiger charge is 2.38. The number of amides is 1. The molecule has 10 rings (SSSR count). The van der Waals surface area contributed by atoms with E-state index < -0.39 is 25.7 Å². The third kappa shape index (κ3) is 7.81. The number of nitrogens with zero attached hydrogens (tertiary/aromatic N) is 6. The van der Waals surface area contributed by atoms with E-state index in [1.807, 2.05) is 36.4 Å². The van der Waals surface area contributed by atoms with Gasteiger partial charge in [-0.05, 0) is 103 Å². The molecule has 5 heterocycles. The van der Waals surface area contributed by atoms with Crippen molar-refractivity contribution in [2.75, 3.05) is 44.2 Å². The number of carbonyl (C=O) groups excluding carboxylic acids is 1. The van der Waals surface area contributed by atoms with E-state index in [-0.39, 0.29) is 28.3 Å². The van der Waals surface area contributed by atoms with E-state index in [1.165, 1.54) is 22.8 Å². The zero-order chi connectivity index (χ0) is 42.9.